The number of hydrogen-bond acceptors (Lipinski definition) is 10. The first-order valence-electron chi connectivity index (χ1n) is 16.5. The van der Waals surface area contributed by atoms with E-state index in [9.17, 15) is 39.6 Å². The summed E-state index contributed by atoms with van der Waals surface area (Å²) in [6.07, 6.45) is 6.25. The second kappa shape index (κ2) is 12.9. The lowest BCUT2D eigenvalue weighted by molar-refractivity contribution is -0.181. The van der Waals surface area contributed by atoms with Crippen LogP contribution < -0.4 is 5.73 Å². The number of aromatic hydroxyl groups is 1. The van der Waals surface area contributed by atoms with Crippen molar-refractivity contribution in [2.24, 2.45) is 35.3 Å². The first-order valence-corrected chi connectivity index (χ1v) is 16.5. The van der Waals surface area contributed by atoms with Gasteiger partial charge >= 0.3 is 5.97 Å². The Morgan fingerprint density at radius 1 is 1.13 bits per heavy atom. The van der Waals surface area contributed by atoms with Gasteiger partial charge in [0.2, 0.25) is 5.78 Å². The van der Waals surface area contributed by atoms with Crippen molar-refractivity contribution in [3.05, 3.63) is 64.6 Å². The maximum Gasteiger partial charge on any atom is 0.306 e. The van der Waals surface area contributed by atoms with Gasteiger partial charge in [0.25, 0.3) is 5.91 Å². The number of aliphatic hydroxyl groups excluding tert-OH is 2. The molecule has 1 fully saturated rings. The number of Topliss-reactive ketones (excluding diaryl/α,β-unsaturated/α-hetero) is 2. The third-order valence-electron chi connectivity index (χ3n) is 11.1. The number of carbonyl (C=O) groups excluding carboxylic acids is 4. The monoisotopic (exact) mass is 650 g/mol. The average Bonchev–Trinajstić information content (AvgIpc) is 3.01. The molecule has 1 aromatic carbocycles. The first kappa shape index (κ1) is 34.4. The second-order valence-electron chi connectivity index (χ2n) is 14.0. The molecular weight excluding hydrogens is 604 g/mol. The number of carbonyl (C=O) groups is 4. The number of benzene rings is 1. The van der Waals surface area contributed by atoms with Crippen LogP contribution in [0.3, 0.4) is 0 Å². The van der Waals surface area contributed by atoms with E-state index >= 15 is 0 Å². The molecule has 254 valence electrons. The number of allylic oxidation sites excluding steroid dienone is 1. The highest BCUT2D eigenvalue weighted by molar-refractivity contribution is 6.25. The predicted octanol–water partition coefficient (Wildman–Crippen LogP) is 4.00. The molecule has 0 radical (unpaired) electrons. The summed E-state index contributed by atoms with van der Waals surface area (Å²) >= 11 is 0. The van der Waals surface area contributed by atoms with Gasteiger partial charge in [0.1, 0.15) is 28.9 Å². The van der Waals surface area contributed by atoms with E-state index in [2.05, 4.69) is 13.5 Å². The van der Waals surface area contributed by atoms with Crippen LogP contribution in [0.15, 0.2) is 53.5 Å². The fourth-order valence-corrected chi connectivity index (χ4v) is 8.82. The fraction of sp³-hybridized carbons (Fsp3) is 0.556. The highest BCUT2D eigenvalue weighted by Gasteiger charge is 2.68. The number of ketones is 2. The van der Waals surface area contributed by atoms with Gasteiger partial charge in [-0.05, 0) is 81.5 Å². The molecule has 1 aromatic rings. The molecule has 1 amide bonds. The summed E-state index contributed by atoms with van der Waals surface area (Å²) in [5, 5.41) is 45.9. The predicted molar refractivity (Wildman–Crippen MR) is 172 cm³/mol. The first-order chi connectivity index (χ1) is 22.2. The lowest BCUT2D eigenvalue weighted by atomic mass is 9.55. The van der Waals surface area contributed by atoms with Gasteiger partial charge in [-0.2, -0.15) is 0 Å². The Morgan fingerprint density at radius 2 is 1.81 bits per heavy atom. The Hall–Kier alpha value is -3.96. The number of phenolic OH excluding ortho intramolecular Hbond substituents is 1. The fourth-order valence-electron chi connectivity index (χ4n) is 8.82. The number of primary amides is 1. The van der Waals surface area contributed by atoms with Crippen LogP contribution in [0.25, 0.3) is 0 Å². The molecule has 0 saturated heterocycles. The van der Waals surface area contributed by atoms with Crippen molar-refractivity contribution >= 4 is 23.4 Å². The van der Waals surface area contributed by atoms with Crippen LogP contribution in [0.4, 0.5) is 0 Å². The molecule has 0 bridgehead atoms. The Balaban J connectivity index is 1.56. The number of amides is 1. The number of phenols is 1. The van der Waals surface area contributed by atoms with Gasteiger partial charge in [-0.3, -0.25) is 24.1 Å². The summed E-state index contributed by atoms with van der Waals surface area (Å²) in [6.45, 7) is 7.90. The van der Waals surface area contributed by atoms with Crippen LogP contribution in [0, 0.1) is 29.6 Å². The third-order valence-corrected chi connectivity index (χ3v) is 11.1. The summed E-state index contributed by atoms with van der Waals surface area (Å²) in [5.74, 6) is -8.10. The lowest BCUT2D eigenvalue weighted by Crippen LogP contribution is -2.69. The van der Waals surface area contributed by atoms with Gasteiger partial charge in [-0.25, -0.2) is 0 Å². The van der Waals surface area contributed by atoms with Crippen molar-refractivity contribution in [1.82, 2.24) is 4.90 Å². The molecule has 0 heterocycles. The van der Waals surface area contributed by atoms with E-state index in [1.54, 1.807) is 19.1 Å². The van der Waals surface area contributed by atoms with Crippen LogP contribution in [-0.2, 0) is 19.1 Å². The molecule has 1 saturated carbocycles. The van der Waals surface area contributed by atoms with Crippen molar-refractivity contribution in [2.45, 2.75) is 82.5 Å². The number of nitrogens with zero attached hydrogens (tertiary/aromatic N) is 1. The number of likely N-dealkylation sites (N-methyl/N-ethyl adjacent to an activating group) is 1. The van der Waals surface area contributed by atoms with Crippen molar-refractivity contribution < 1.29 is 44.3 Å². The zero-order valence-corrected chi connectivity index (χ0v) is 27.4. The number of fused-ring (bicyclic) bond motifs is 3. The summed E-state index contributed by atoms with van der Waals surface area (Å²) in [5.41, 5.74) is 1.51. The van der Waals surface area contributed by atoms with Gasteiger partial charge in [0.05, 0.1) is 17.5 Å². The van der Waals surface area contributed by atoms with E-state index in [0.717, 1.165) is 32.1 Å². The summed E-state index contributed by atoms with van der Waals surface area (Å²) in [6, 6.07) is 3.20. The Morgan fingerprint density at radius 3 is 2.43 bits per heavy atom. The largest absolute Gasteiger partial charge is 0.510 e. The molecule has 0 aliphatic heterocycles. The van der Waals surface area contributed by atoms with Gasteiger partial charge in [-0.1, -0.05) is 38.5 Å². The van der Waals surface area contributed by atoms with Crippen LogP contribution in [-0.4, -0.2) is 80.6 Å². The van der Waals surface area contributed by atoms with Gasteiger partial charge < -0.3 is 30.9 Å². The minimum atomic E-state index is -2.96. The van der Waals surface area contributed by atoms with E-state index in [-0.39, 0.29) is 17.7 Å². The smallest absolute Gasteiger partial charge is 0.306 e. The summed E-state index contributed by atoms with van der Waals surface area (Å²) < 4.78 is 6.15. The standard InChI is InChI=1S/C36H46N2O9/c1-6-18-14-19(7-2)16-20(15-18)10-8-13-23(40)47-32-24-17(3)21-11-9-12-22(39)25(21)30(41)26(24)33(43)36(46)28(32)29(38(4)5)31(42)27(34(36)44)35(37)45/h6,9,11-12,17-20,24,28-29,32,39,42-43,46H,1,7-8,10,13-16H2,2-5H3,(H2,37,45)/t17-,18?,19?,20?,24+,28+,29-,32-,36-/m0/s1. The molecule has 6 N–H and O–H groups in total. The zero-order chi connectivity index (χ0) is 34.5. The molecule has 11 heteroatoms. The summed E-state index contributed by atoms with van der Waals surface area (Å²) in [4.78, 5) is 55.4. The molecule has 11 nitrogen and oxygen atoms in total. The minimum absolute atomic E-state index is 0.0279. The number of nitrogens with two attached hydrogens (primary N) is 1. The molecule has 4 aliphatic rings. The topological polar surface area (TPSA) is 188 Å². The molecular formula is C36H46N2O9. The van der Waals surface area contributed by atoms with Crippen molar-refractivity contribution in [3.8, 4) is 5.75 Å². The Bertz CT molecular complexity index is 1560. The SMILES string of the molecule is C=CC1CC(CC)CC(CCCC(=O)O[C@H]2[C@H]3C(=C(O)[C@]4(O)C(=O)C(C(N)=O)=C(O)[C@@H](N(C)C)[C@H]24)C(=O)c2c(O)cccc2[C@@H]3C)C1. The van der Waals surface area contributed by atoms with Crippen LogP contribution in [0.1, 0.15) is 80.6 Å². The molecule has 9 atom stereocenters. The van der Waals surface area contributed by atoms with Crippen LogP contribution in [0.5, 0.6) is 5.75 Å². The maximum atomic E-state index is 14.0. The normalized spacial score (nSPS) is 33.7. The van der Waals surface area contributed by atoms with E-state index in [1.165, 1.54) is 25.1 Å². The number of ether oxygens (including phenoxy) is 1. The number of esters is 1. The number of aliphatic hydroxyl groups is 3. The number of rotatable bonds is 9. The zero-order valence-electron chi connectivity index (χ0n) is 27.4. The third kappa shape index (κ3) is 5.57. The van der Waals surface area contributed by atoms with Crippen LogP contribution in [0.2, 0.25) is 0 Å². The van der Waals surface area contributed by atoms with Crippen LogP contribution >= 0.6 is 0 Å². The van der Waals surface area contributed by atoms with Gasteiger partial charge in [0, 0.05) is 17.9 Å². The summed E-state index contributed by atoms with van der Waals surface area (Å²) in [7, 11) is 3.05. The molecule has 5 rings (SSSR count). The molecule has 0 spiro atoms. The minimum Gasteiger partial charge on any atom is -0.510 e. The van der Waals surface area contributed by atoms with Gasteiger partial charge in [-0.15, -0.1) is 6.58 Å². The highest BCUT2D eigenvalue weighted by atomic mass is 16.5. The van der Waals surface area contributed by atoms with Crippen molar-refractivity contribution in [3.63, 3.8) is 0 Å². The average molecular weight is 651 g/mol. The van der Waals surface area contributed by atoms with Crippen molar-refractivity contribution in [1.29, 1.82) is 0 Å². The van der Waals surface area contributed by atoms with Crippen molar-refractivity contribution in [2.75, 3.05) is 14.1 Å². The van der Waals surface area contributed by atoms with E-state index < -0.39 is 81.6 Å². The maximum absolute atomic E-state index is 14.0. The molecule has 0 aromatic heterocycles. The molecule has 47 heavy (non-hydrogen) atoms. The quantitative estimate of drug-likeness (QED) is 0.148. The lowest BCUT2D eigenvalue weighted by Gasteiger charge is -2.54. The van der Waals surface area contributed by atoms with E-state index in [1.807, 2.05) is 6.08 Å². The Labute approximate surface area is 274 Å². The molecule has 4 aliphatic carbocycles. The Kier molecular flexibility index (Phi) is 9.45. The second-order valence-corrected chi connectivity index (χ2v) is 14.0. The van der Waals surface area contributed by atoms with E-state index in [0.29, 0.717) is 29.7 Å². The number of hydrogen-bond donors (Lipinski definition) is 5. The highest BCUT2D eigenvalue weighted by Crippen LogP contribution is 2.56. The van der Waals surface area contributed by atoms with E-state index in [4.69, 9.17) is 10.5 Å². The molecule has 3 unspecified atom stereocenters. The van der Waals surface area contributed by atoms with Gasteiger partial charge in [0.15, 0.2) is 11.4 Å².